The molecular formula is C19H19N5O4S. The Bertz CT molecular complexity index is 1050. The summed E-state index contributed by atoms with van der Waals surface area (Å²) < 4.78 is 5.06. The predicted molar refractivity (Wildman–Crippen MR) is 109 cm³/mol. The number of aryl methyl sites for hydroxylation is 1. The molecule has 2 heterocycles. The number of nitrogens with one attached hydrogen (secondary N) is 3. The zero-order valence-electron chi connectivity index (χ0n) is 15.8. The van der Waals surface area contributed by atoms with Crippen molar-refractivity contribution >= 4 is 45.2 Å². The number of carbonyl (C=O) groups is 3. The van der Waals surface area contributed by atoms with Crippen molar-refractivity contribution in [3.63, 3.8) is 0 Å². The van der Waals surface area contributed by atoms with Crippen LogP contribution in [-0.4, -0.2) is 40.9 Å². The largest absolute Gasteiger partial charge is 0.462 e. The Labute approximate surface area is 170 Å². The van der Waals surface area contributed by atoms with Crippen LogP contribution >= 0.6 is 11.3 Å². The second-order valence-electron chi connectivity index (χ2n) is 5.90. The zero-order chi connectivity index (χ0) is 20.8. The molecule has 0 saturated heterocycles. The molecule has 150 valence electrons. The number of rotatable bonds is 7. The Morgan fingerprint density at radius 3 is 2.62 bits per heavy atom. The molecule has 2 amide bonds. The van der Waals surface area contributed by atoms with Crippen LogP contribution in [0.3, 0.4) is 0 Å². The van der Waals surface area contributed by atoms with Crippen molar-refractivity contribution in [3.05, 3.63) is 52.7 Å². The third-order valence-electron chi connectivity index (χ3n) is 3.95. The first-order chi connectivity index (χ1) is 14.0. The van der Waals surface area contributed by atoms with E-state index in [0.29, 0.717) is 32.0 Å². The van der Waals surface area contributed by atoms with E-state index in [9.17, 15) is 14.4 Å². The highest BCUT2D eigenvalue weighted by molar-refractivity contribution is 7.20. The standard InChI is InChI=1S/C19H19N5O4S/c1-3-28-19(27)15-11(2)14-16(21-10-22-18(14)29-15)24-23-13(25)9-20-17(26)12-7-5-4-6-8-12/h4-8,10H,3,9H2,1-2H3,(H,20,26)(H,23,25)(H,21,22,24). The van der Waals surface area contributed by atoms with Gasteiger partial charge in [-0.2, -0.15) is 0 Å². The lowest BCUT2D eigenvalue weighted by Gasteiger charge is -2.10. The summed E-state index contributed by atoms with van der Waals surface area (Å²) in [5, 5.41) is 3.15. The Morgan fingerprint density at radius 2 is 1.90 bits per heavy atom. The molecule has 0 aliphatic heterocycles. The third-order valence-corrected chi connectivity index (χ3v) is 5.13. The molecule has 0 aliphatic carbocycles. The van der Waals surface area contributed by atoms with E-state index < -0.39 is 11.9 Å². The van der Waals surface area contributed by atoms with E-state index in [1.807, 2.05) is 0 Å². The van der Waals surface area contributed by atoms with Crippen molar-refractivity contribution in [3.8, 4) is 0 Å². The second kappa shape index (κ2) is 9.11. The molecule has 0 unspecified atom stereocenters. The first-order valence-electron chi connectivity index (χ1n) is 8.80. The van der Waals surface area contributed by atoms with Crippen LogP contribution in [0.1, 0.15) is 32.5 Å². The lowest BCUT2D eigenvalue weighted by Crippen LogP contribution is -2.39. The number of esters is 1. The molecule has 0 aliphatic rings. The molecule has 3 N–H and O–H groups in total. The highest BCUT2D eigenvalue weighted by Crippen LogP contribution is 2.33. The van der Waals surface area contributed by atoms with Gasteiger partial charge in [-0.1, -0.05) is 18.2 Å². The minimum absolute atomic E-state index is 0.217. The highest BCUT2D eigenvalue weighted by atomic mass is 32.1. The topological polar surface area (TPSA) is 122 Å². The summed E-state index contributed by atoms with van der Waals surface area (Å²) in [7, 11) is 0. The maximum Gasteiger partial charge on any atom is 0.348 e. The quantitative estimate of drug-likeness (QED) is 0.400. The molecule has 0 saturated carbocycles. The van der Waals surface area contributed by atoms with Gasteiger partial charge in [0.15, 0.2) is 5.82 Å². The van der Waals surface area contributed by atoms with Gasteiger partial charge in [-0.25, -0.2) is 14.8 Å². The number of hydrogen-bond acceptors (Lipinski definition) is 8. The van der Waals surface area contributed by atoms with Gasteiger partial charge in [-0.3, -0.25) is 20.4 Å². The monoisotopic (exact) mass is 413 g/mol. The molecular weight excluding hydrogens is 394 g/mol. The van der Waals surface area contributed by atoms with Crippen molar-refractivity contribution in [2.45, 2.75) is 13.8 Å². The summed E-state index contributed by atoms with van der Waals surface area (Å²) in [5.74, 6) is -0.883. The smallest absolute Gasteiger partial charge is 0.348 e. The van der Waals surface area contributed by atoms with Gasteiger partial charge in [-0.15, -0.1) is 11.3 Å². The Balaban J connectivity index is 1.65. The number of nitrogens with zero attached hydrogens (tertiary/aromatic N) is 2. The van der Waals surface area contributed by atoms with Gasteiger partial charge in [0.05, 0.1) is 18.5 Å². The summed E-state index contributed by atoms with van der Waals surface area (Å²) in [5.41, 5.74) is 6.34. The van der Waals surface area contributed by atoms with Gasteiger partial charge >= 0.3 is 5.97 Å². The molecule has 0 fully saturated rings. The van der Waals surface area contributed by atoms with Gasteiger partial charge in [0.1, 0.15) is 16.0 Å². The zero-order valence-corrected chi connectivity index (χ0v) is 16.6. The number of anilines is 1. The normalized spacial score (nSPS) is 10.4. The van der Waals surface area contributed by atoms with Crippen LogP contribution in [0.25, 0.3) is 10.2 Å². The van der Waals surface area contributed by atoms with Gasteiger partial charge in [0, 0.05) is 5.56 Å². The maximum atomic E-state index is 12.1. The van der Waals surface area contributed by atoms with Crippen molar-refractivity contribution in [1.29, 1.82) is 0 Å². The summed E-state index contributed by atoms with van der Waals surface area (Å²) in [4.78, 5) is 45.5. The molecule has 3 rings (SSSR count). The second-order valence-corrected chi connectivity index (χ2v) is 6.90. The van der Waals surface area contributed by atoms with E-state index in [1.165, 1.54) is 17.7 Å². The summed E-state index contributed by atoms with van der Waals surface area (Å²) in [6, 6.07) is 8.60. The number of benzene rings is 1. The van der Waals surface area contributed by atoms with Crippen LogP contribution < -0.4 is 16.2 Å². The van der Waals surface area contributed by atoms with Crippen LogP contribution in [0.2, 0.25) is 0 Å². The molecule has 10 heteroatoms. The maximum absolute atomic E-state index is 12.1. The Hall–Kier alpha value is -3.53. The van der Waals surface area contributed by atoms with Crippen LogP contribution in [0.5, 0.6) is 0 Å². The molecule has 0 bridgehead atoms. The van der Waals surface area contributed by atoms with E-state index in [1.54, 1.807) is 44.2 Å². The van der Waals surface area contributed by atoms with Crippen LogP contribution in [0.15, 0.2) is 36.7 Å². The summed E-state index contributed by atoms with van der Waals surface area (Å²) in [6.07, 6.45) is 1.33. The number of thiophene rings is 1. The van der Waals surface area contributed by atoms with Gasteiger partial charge < -0.3 is 10.1 Å². The minimum Gasteiger partial charge on any atom is -0.462 e. The number of carbonyl (C=O) groups excluding carboxylic acids is 3. The van der Waals surface area contributed by atoms with Gasteiger partial charge in [0.2, 0.25) is 0 Å². The van der Waals surface area contributed by atoms with Crippen molar-refractivity contribution < 1.29 is 19.1 Å². The number of aromatic nitrogens is 2. The van der Waals surface area contributed by atoms with Crippen molar-refractivity contribution in [2.75, 3.05) is 18.6 Å². The van der Waals surface area contributed by atoms with Crippen molar-refractivity contribution in [2.24, 2.45) is 0 Å². The first-order valence-corrected chi connectivity index (χ1v) is 9.62. The third kappa shape index (κ3) is 4.66. The fourth-order valence-corrected chi connectivity index (χ4v) is 3.63. The number of hydrazine groups is 1. The van der Waals surface area contributed by atoms with Gasteiger partial charge in [-0.05, 0) is 31.5 Å². The molecule has 9 nitrogen and oxygen atoms in total. The highest BCUT2D eigenvalue weighted by Gasteiger charge is 2.20. The molecule has 1 aromatic carbocycles. The van der Waals surface area contributed by atoms with E-state index in [4.69, 9.17) is 4.74 Å². The minimum atomic E-state index is -0.459. The average Bonchev–Trinajstić information content (AvgIpc) is 3.08. The van der Waals surface area contributed by atoms with E-state index in [-0.39, 0.29) is 19.1 Å². The first kappa shape index (κ1) is 20.2. The number of fused-ring (bicyclic) bond motifs is 1. The molecule has 0 atom stereocenters. The van der Waals surface area contributed by atoms with Crippen LogP contribution in [-0.2, 0) is 9.53 Å². The van der Waals surface area contributed by atoms with E-state index in [0.717, 1.165) is 0 Å². The van der Waals surface area contributed by atoms with E-state index >= 15 is 0 Å². The molecule has 0 radical (unpaired) electrons. The van der Waals surface area contributed by atoms with Crippen LogP contribution in [0, 0.1) is 6.92 Å². The molecule has 2 aromatic heterocycles. The Kier molecular flexibility index (Phi) is 6.35. The SMILES string of the molecule is CCOC(=O)c1sc2ncnc(NNC(=O)CNC(=O)c3ccccc3)c2c1C. The summed E-state index contributed by atoms with van der Waals surface area (Å²) in [6.45, 7) is 3.56. The number of ether oxygens (including phenoxy) is 1. The molecule has 3 aromatic rings. The number of hydrogen-bond donors (Lipinski definition) is 3. The molecule has 0 spiro atoms. The van der Waals surface area contributed by atoms with E-state index in [2.05, 4.69) is 26.1 Å². The average molecular weight is 413 g/mol. The fourth-order valence-electron chi connectivity index (χ4n) is 2.58. The summed E-state index contributed by atoms with van der Waals surface area (Å²) >= 11 is 1.20. The van der Waals surface area contributed by atoms with Gasteiger partial charge in [0.25, 0.3) is 11.8 Å². The molecule has 29 heavy (non-hydrogen) atoms. The lowest BCUT2D eigenvalue weighted by atomic mass is 10.2. The van der Waals surface area contributed by atoms with Crippen LogP contribution in [0.4, 0.5) is 5.82 Å². The Morgan fingerprint density at radius 1 is 1.14 bits per heavy atom. The fraction of sp³-hybridized carbons (Fsp3) is 0.211. The lowest BCUT2D eigenvalue weighted by molar-refractivity contribution is -0.119. The van der Waals surface area contributed by atoms with Crippen molar-refractivity contribution in [1.82, 2.24) is 20.7 Å². The number of amides is 2. The predicted octanol–water partition coefficient (Wildman–Crippen LogP) is 2.05.